The van der Waals surface area contributed by atoms with Crippen LogP contribution in [0.1, 0.15) is 13.8 Å². The number of benzene rings is 2. The summed E-state index contributed by atoms with van der Waals surface area (Å²) in [4.78, 5) is 3.20. The lowest BCUT2D eigenvalue weighted by molar-refractivity contribution is 0.406. The van der Waals surface area contributed by atoms with Crippen molar-refractivity contribution in [3.8, 4) is 16.2 Å². The molecule has 0 bridgehead atoms. The summed E-state index contributed by atoms with van der Waals surface area (Å²) in [6.07, 6.45) is 0. The Labute approximate surface area is 208 Å². The van der Waals surface area contributed by atoms with Crippen LogP contribution in [-0.2, 0) is 10.0 Å². The van der Waals surface area contributed by atoms with Crippen LogP contribution in [0.5, 0.6) is 5.75 Å². The summed E-state index contributed by atoms with van der Waals surface area (Å²) >= 11 is 2.94. The number of nitrogens with one attached hydrogen (secondary N) is 2. The van der Waals surface area contributed by atoms with Gasteiger partial charge in [0.05, 0.1) is 12.8 Å². The Morgan fingerprint density at radius 3 is 2.59 bits per heavy atom. The maximum atomic E-state index is 13.3. The van der Waals surface area contributed by atoms with E-state index in [4.69, 9.17) is 4.74 Å². The van der Waals surface area contributed by atoms with Crippen LogP contribution in [0, 0.1) is 0 Å². The highest BCUT2D eigenvalue weighted by Crippen LogP contribution is 2.39. The minimum atomic E-state index is -3.78. The largest absolute Gasteiger partial charge is 0.495 e. The van der Waals surface area contributed by atoms with E-state index in [9.17, 15) is 8.42 Å². The van der Waals surface area contributed by atoms with Gasteiger partial charge in [-0.25, -0.2) is 8.42 Å². The summed E-state index contributed by atoms with van der Waals surface area (Å²) in [6.45, 7) is 6.01. The zero-order valence-corrected chi connectivity index (χ0v) is 21.7. The van der Waals surface area contributed by atoms with Crippen LogP contribution < -0.4 is 19.7 Å². The van der Waals surface area contributed by atoms with Crippen molar-refractivity contribution in [2.24, 2.45) is 0 Å². The highest BCUT2D eigenvalue weighted by molar-refractivity contribution is 7.94. The Hall–Kier alpha value is -2.59. The van der Waals surface area contributed by atoms with Crippen molar-refractivity contribution in [1.29, 1.82) is 0 Å². The Kier molecular flexibility index (Phi) is 6.28. The van der Waals surface area contributed by atoms with Gasteiger partial charge in [-0.15, -0.1) is 22.7 Å². The highest BCUT2D eigenvalue weighted by Gasteiger charge is 2.24. The van der Waals surface area contributed by atoms with Gasteiger partial charge in [-0.1, -0.05) is 18.2 Å². The van der Waals surface area contributed by atoms with Crippen LogP contribution in [0.4, 0.5) is 11.4 Å². The fourth-order valence-corrected chi connectivity index (χ4v) is 7.92. The summed E-state index contributed by atoms with van der Waals surface area (Å²) in [5.74, 6) is 0.490. The summed E-state index contributed by atoms with van der Waals surface area (Å²) in [5, 5.41) is 6.75. The maximum Gasteiger partial charge on any atom is 0.271 e. The fraction of sp³-hybridized carbons (Fsp3) is 0.280. The molecule has 0 saturated carbocycles. The number of sulfonamides is 1. The molecule has 0 aliphatic carbocycles. The van der Waals surface area contributed by atoms with E-state index in [1.54, 1.807) is 24.5 Å². The lowest BCUT2D eigenvalue weighted by atomic mass is 10.1. The first-order chi connectivity index (χ1) is 16.3. The standard InChI is InChI=1S/C25H27N3O3S3/c1-16-13-28(14-17(2)26-16)18-8-9-22(31-3)21(12-18)27-34(29,30)25-11-10-24(33-25)20-15-32-23-7-5-4-6-19(20)23/h4-12,15-17,26-27H,13-14H2,1-3H3. The monoisotopic (exact) mass is 513 g/mol. The predicted molar refractivity (Wildman–Crippen MR) is 143 cm³/mol. The van der Waals surface area contributed by atoms with Gasteiger partial charge in [0.25, 0.3) is 10.0 Å². The number of hydrogen-bond donors (Lipinski definition) is 2. The smallest absolute Gasteiger partial charge is 0.271 e. The van der Waals surface area contributed by atoms with E-state index in [0.717, 1.165) is 34.6 Å². The molecule has 5 rings (SSSR count). The Morgan fingerprint density at radius 2 is 1.82 bits per heavy atom. The first-order valence-electron chi connectivity index (χ1n) is 11.1. The molecule has 1 saturated heterocycles. The number of nitrogens with zero attached hydrogens (tertiary/aromatic N) is 1. The van der Waals surface area contributed by atoms with Gasteiger partial charge in [0.15, 0.2) is 0 Å². The zero-order valence-electron chi connectivity index (χ0n) is 19.2. The average molecular weight is 514 g/mol. The summed E-state index contributed by atoms with van der Waals surface area (Å²) in [6, 6.07) is 18.1. The third-order valence-corrected chi connectivity index (χ3v) is 9.88. The van der Waals surface area contributed by atoms with Crippen molar-refractivity contribution < 1.29 is 13.2 Å². The van der Waals surface area contributed by atoms with Gasteiger partial charge in [-0.3, -0.25) is 4.72 Å². The second-order valence-electron chi connectivity index (χ2n) is 8.63. The molecule has 178 valence electrons. The molecule has 2 atom stereocenters. The molecule has 1 aliphatic rings. The molecule has 0 radical (unpaired) electrons. The molecular formula is C25H27N3O3S3. The van der Waals surface area contributed by atoms with Crippen molar-refractivity contribution in [2.45, 2.75) is 30.1 Å². The van der Waals surface area contributed by atoms with Crippen LogP contribution in [0.15, 0.2) is 64.2 Å². The minimum Gasteiger partial charge on any atom is -0.495 e. The number of rotatable bonds is 6. The summed E-state index contributed by atoms with van der Waals surface area (Å²) < 4.78 is 36.4. The van der Waals surface area contributed by atoms with E-state index in [1.165, 1.54) is 16.0 Å². The predicted octanol–water partition coefficient (Wildman–Crippen LogP) is 5.63. The van der Waals surface area contributed by atoms with Crippen molar-refractivity contribution in [3.05, 3.63) is 60.0 Å². The van der Waals surface area contributed by atoms with Crippen LogP contribution in [0.25, 0.3) is 20.5 Å². The van der Waals surface area contributed by atoms with Crippen molar-refractivity contribution >= 4 is 54.2 Å². The van der Waals surface area contributed by atoms with E-state index >= 15 is 0 Å². The quantitative estimate of drug-likeness (QED) is 0.350. The summed E-state index contributed by atoms with van der Waals surface area (Å²) in [7, 11) is -2.23. The third-order valence-electron chi connectivity index (χ3n) is 5.94. The van der Waals surface area contributed by atoms with E-state index in [-0.39, 0.29) is 4.21 Å². The molecule has 2 unspecified atom stereocenters. The molecule has 0 spiro atoms. The molecular weight excluding hydrogens is 486 g/mol. The molecule has 1 aliphatic heterocycles. The average Bonchev–Trinajstić information content (AvgIpc) is 3.46. The molecule has 6 nitrogen and oxygen atoms in total. The first kappa shape index (κ1) is 23.2. The van der Waals surface area contributed by atoms with Crippen LogP contribution >= 0.6 is 22.7 Å². The number of anilines is 2. The normalized spacial score (nSPS) is 18.9. The number of piperazine rings is 1. The van der Waals surface area contributed by atoms with Gasteiger partial charge in [-0.2, -0.15) is 0 Å². The number of thiophene rings is 2. The number of methoxy groups -OCH3 is 1. The van der Waals surface area contributed by atoms with Crippen molar-refractivity contribution in [2.75, 3.05) is 29.8 Å². The van der Waals surface area contributed by atoms with E-state index in [1.807, 2.05) is 36.4 Å². The number of ether oxygens (including phenoxy) is 1. The fourth-order valence-electron chi connectivity index (χ4n) is 4.48. The van der Waals surface area contributed by atoms with Crippen LogP contribution in [-0.4, -0.2) is 40.7 Å². The van der Waals surface area contributed by atoms with Gasteiger partial charge in [0, 0.05) is 56.8 Å². The SMILES string of the molecule is COc1ccc(N2CC(C)NC(C)C2)cc1NS(=O)(=O)c1ccc(-c2csc3ccccc23)s1. The molecule has 1 fully saturated rings. The van der Waals surface area contributed by atoms with E-state index in [0.29, 0.717) is 23.5 Å². The van der Waals surface area contributed by atoms with E-state index in [2.05, 4.69) is 46.3 Å². The van der Waals surface area contributed by atoms with E-state index < -0.39 is 10.0 Å². The molecule has 4 aromatic rings. The Morgan fingerprint density at radius 1 is 1.06 bits per heavy atom. The maximum absolute atomic E-state index is 13.3. The molecule has 3 heterocycles. The molecule has 34 heavy (non-hydrogen) atoms. The minimum absolute atomic E-state index is 0.273. The van der Waals surface area contributed by atoms with Crippen LogP contribution in [0.2, 0.25) is 0 Å². The zero-order chi connectivity index (χ0) is 23.9. The molecule has 2 aromatic heterocycles. The molecule has 9 heteroatoms. The van der Waals surface area contributed by atoms with Gasteiger partial charge in [0.2, 0.25) is 0 Å². The summed E-state index contributed by atoms with van der Waals surface area (Å²) in [5.41, 5.74) is 2.47. The second kappa shape index (κ2) is 9.22. The first-order valence-corrected chi connectivity index (χ1v) is 14.3. The third kappa shape index (κ3) is 4.53. The Balaban J connectivity index is 1.44. The topological polar surface area (TPSA) is 70.7 Å². The Bertz CT molecular complexity index is 1420. The van der Waals surface area contributed by atoms with Crippen molar-refractivity contribution in [3.63, 3.8) is 0 Å². The van der Waals surface area contributed by atoms with Crippen molar-refractivity contribution in [1.82, 2.24) is 5.32 Å². The van der Waals surface area contributed by atoms with Crippen LogP contribution in [0.3, 0.4) is 0 Å². The van der Waals surface area contributed by atoms with Gasteiger partial charge in [-0.05, 0) is 50.2 Å². The lowest BCUT2D eigenvalue weighted by Gasteiger charge is -2.38. The highest BCUT2D eigenvalue weighted by atomic mass is 32.2. The molecule has 2 aromatic carbocycles. The van der Waals surface area contributed by atoms with Gasteiger partial charge >= 0.3 is 0 Å². The lowest BCUT2D eigenvalue weighted by Crippen LogP contribution is -2.54. The number of hydrogen-bond acceptors (Lipinski definition) is 7. The number of fused-ring (bicyclic) bond motifs is 1. The molecule has 0 amide bonds. The second-order valence-corrected chi connectivity index (χ2v) is 12.5. The van der Waals surface area contributed by atoms with Gasteiger partial charge in [0.1, 0.15) is 9.96 Å². The van der Waals surface area contributed by atoms with Gasteiger partial charge < -0.3 is 15.0 Å². The molecule has 2 N–H and O–H groups in total.